The zero-order valence-corrected chi connectivity index (χ0v) is 8.44. The van der Waals surface area contributed by atoms with Crippen LogP contribution < -0.4 is 10.2 Å². The van der Waals surface area contributed by atoms with Gasteiger partial charge in [0, 0.05) is 13.2 Å². The molecule has 0 radical (unpaired) electrons. The number of hydrogen-bond donors (Lipinski definition) is 2. The fourth-order valence-corrected chi connectivity index (χ4v) is 1.73. The molecule has 0 atom stereocenters. The fraction of sp³-hybridized carbons (Fsp3) is 0.364. The first-order chi connectivity index (χ1) is 7.33. The molecule has 0 aromatic heterocycles. The molecule has 1 aromatic carbocycles. The smallest absolute Gasteiger partial charge is 0.246 e. The molecule has 1 amide bonds. The van der Waals surface area contributed by atoms with E-state index in [1.54, 1.807) is 4.90 Å². The minimum Gasteiger partial charge on any atom is -0.396 e. The lowest BCUT2D eigenvalue weighted by Crippen LogP contribution is -2.40. The van der Waals surface area contributed by atoms with E-state index in [-0.39, 0.29) is 12.5 Å². The molecule has 0 spiro atoms. The molecule has 0 fully saturated rings. The van der Waals surface area contributed by atoms with Crippen molar-refractivity contribution in [3.63, 3.8) is 0 Å². The quantitative estimate of drug-likeness (QED) is 0.770. The van der Waals surface area contributed by atoms with Crippen LogP contribution in [0.15, 0.2) is 24.3 Å². The average molecular weight is 206 g/mol. The lowest BCUT2D eigenvalue weighted by molar-refractivity contribution is -0.117. The molecule has 0 saturated carbocycles. The van der Waals surface area contributed by atoms with Crippen molar-refractivity contribution in [3.8, 4) is 0 Å². The molecule has 0 unspecified atom stereocenters. The van der Waals surface area contributed by atoms with Crippen molar-refractivity contribution in [2.24, 2.45) is 0 Å². The van der Waals surface area contributed by atoms with Crippen molar-refractivity contribution in [1.82, 2.24) is 0 Å². The van der Waals surface area contributed by atoms with Crippen molar-refractivity contribution in [1.29, 1.82) is 0 Å². The lowest BCUT2D eigenvalue weighted by atomic mass is 10.2. The van der Waals surface area contributed by atoms with E-state index in [0.29, 0.717) is 19.5 Å². The Labute approximate surface area is 88.5 Å². The van der Waals surface area contributed by atoms with Crippen LogP contribution in [-0.4, -0.2) is 30.7 Å². The monoisotopic (exact) mass is 206 g/mol. The third-order valence-electron chi connectivity index (χ3n) is 2.47. The van der Waals surface area contributed by atoms with Gasteiger partial charge in [0.25, 0.3) is 0 Å². The summed E-state index contributed by atoms with van der Waals surface area (Å²) in [7, 11) is 0. The molecule has 2 N–H and O–H groups in total. The molecule has 0 aliphatic carbocycles. The van der Waals surface area contributed by atoms with Gasteiger partial charge in [0.2, 0.25) is 5.91 Å². The summed E-state index contributed by atoms with van der Waals surface area (Å²) in [5, 5.41) is 11.8. The third-order valence-corrected chi connectivity index (χ3v) is 2.47. The lowest BCUT2D eigenvalue weighted by Gasteiger charge is -2.29. The maximum atomic E-state index is 11.6. The van der Waals surface area contributed by atoms with Crippen molar-refractivity contribution >= 4 is 17.3 Å². The molecule has 80 valence electrons. The van der Waals surface area contributed by atoms with E-state index in [0.717, 1.165) is 11.4 Å². The van der Waals surface area contributed by atoms with Crippen LogP contribution in [0, 0.1) is 0 Å². The number of para-hydroxylation sites is 2. The zero-order chi connectivity index (χ0) is 10.7. The number of hydrogen-bond acceptors (Lipinski definition) is 3. The maximum Gasteiger partial charge on any atom is 0.246 e. The van der Waals surface area contributed by atoms with Gasteiger partial charge in [-0.25, -0.2) is 0 Å². The molecule has 4 nitrogen and oxygen atoms in total. The highest BCUT2D eigenvalue weighted by molar-refractivity contribution is 6.02. The average Bonchev–Trinajstić information content (AvgIpc) is 2.28. The molecule has 0 saturated heterocycles. The number of aliphatic hydroxyl groups excluding tert-OH is 1. The second kappa shape index (κ2) is 4.31. The summed E-state index contributed by atoms with van der Waals surface area (Å²) in [6.07, 6.45) is 0.611. The SMILES string of the molecule is O=C1CNc2ccccc2N1CCCO. The Balaban J connectivity index is 2.25. The van der Waals surface area contributed by atoms with Gasteiger partial charge >= 0.3 is 0 Å². The standard InChI is InChI=1S/C11H14N2O2/c14-7-3-6-13-10-5-2-1-4-9(10)12-8-11(13)15/h1-2,4-5,12,14H,3,6-8H2. The predicted octanol–water partition coefficient (Wildman–Crippen LogP) is 0.827. The number of aliphatic hydroxyl groups is 1. The highest BCUT2D eigenvalue weighted by Gasteiger charge is 2.22. The number of anilines is 2. The van der Waals surface area contributed by atoms with E-state index < -0.39 is 0 Å². The van der Waals surface area contributed by atoms with Gasteiger partial charge in [0.1, 0.15) is 0 Å². The number of carbonyl (C=O) groups excluding carboxylic acids is 1. The number of fused-ring (bicyclic) bond motifs is 1. The van der Waals surface area contributed by atoms with E-state index >= 15 is 0 Å². The van der Waals surface area contributed by atoms with Gasteiger partial charge in [-0.3, -0.25) is 4.79 Å². The van der Waals surface area contributed by atoms with Gasteiger partial charge in [-0.1, -0.05) is 12.1 Å². The Bertz CT molecular complexity index is 365. The van der Waals surface area contributed by atoms with Gasteiger partial charge in [-0.05, 0) is 18.6 Å². The summed E-state index contributed by atoms with van der Waals surface area (Å²) in [5.74, 6) is 0.0575. The van der Waals surface area contributed by atoms with Gasteiger partial charge in [-0.2, -0.15) is 0 Å². The topological polar surface area (TPSA) is 52.6 Å². The van der Waals surface area contributed by atoms with Gasteiger partial charge in [0.15, 0.2) is 0 Å². The Morgan fingerprint density at radius 1 is 1.40 bits per heavy atom. The fourth-order valence-electron chi connectivity index (χ4n) is 1.73. The molecule has 0 bridgehead atoms. The van der Waals surface area contributed by atoms with E-state index in [1.165, 1.54) is 0 Å². The van der Waals surface area contributed by atoms with Crippen LogP contribution in [0.2, 0.25) is 0 Å². The van der Waals surface area contributed by atoms with E-state index in [1.807, 2.05) is 24.3 Å². The number of nitrogens with zero attached hydrogens (tertiary/aromatic N) is 1. The summed E-state index contributed by atoms with van der Waals surface area (Å²) in [4.78, 5) is 13.4. The normalized spacial score (nSPS) is 14.7. The number of amides is 1. The van der Waals surface area contributed by atoms with E-state index in [4.69, 9.17) is 5.11 Å². The van der Waals surface area contributed by atoms with Gasteiger partial charge in [0.05, 0.1) is 17.9 Å². The second-order valence-corrected chi connectivity index (χ2v) is 3.49. The minimum atomic E-state index is 0.0575. The summed E-state index contributed by atoms with van der Waals surface area (Å²) in [6.45, 7) is 1.02. The molecule has 1 aliphatic heterocycles. The zero-order valence-electron chi connectivity index (χ0n) is 8.44. The van der Waals surface area contributed by atoms with Crippen molar-refractivity contribution in [2.45, 2.75) is 6.42 Å². The van der Waals surface area contributed by atoms with Crippen LogP contribution in [0.4, 0.5) is 11.4 Å². The molecule has 1 aromatic rings. The molecule has 1 aliphatic rings. The summed E-state index contributed by atoms with van der Waals surface area (Å²) >= 11 is 0. The largest absolute Gasteiger partial charge is 0.396 e. The molecular formula is C11H14N2O2. The Morgan fingerprint density at radius 2 is 2.20 bits per heavy atom. The first-order valence-electron chi connectivity index (χ1n) is 5.07. The van der Waals surface area contributed by atoms with Crippen LogP contribution in [-0.2, 0) is 4.79 Å². The van der Waals surface area contributed by atoms with Crippen LogP contribution >= 0.6 is 0 Å². The summed E-state index contributed by atoms with van der Waals surface area (Å²) in [5.41, 5.74) is 1.89. The first-order valence-corrected chi connectivity index (χ1v) is 5.07. The minimum absolute atomic E-state index is 0.0575. The van der Waals surface area contributed by atoms with Crippen LogP contribution in [0.25, 0.3) is 0 Å². The third kappa shape index (κ3) is 1.94. The first kappa shape index (κ1) is 9.98. The Kier molecular flexibility index (Phi) is 2.87. The van der Waals surface area contributed by atoms with Crippen LogP contribution in [0.5, 0.6) is 0 Å². The van der Waals surface area contributed by atoms with Crippen molar-refractivity contribution in [3.05, 3.63) is 24.3 Å². The Morgan fingerprint density at radius 3 is 3.00 bits per heavy atom. The predicted molar refractivity (Wildman–Crippen MR) is 59.0 cm³/mol. The summed E-state index contributed by atoms with van der Waals surface area (Å²) < 4.78 is 0. The number of carbonyl (C=O) groups is 1. The van der Waals surface area contributed by atoms with Gasteiger partial charge < -0.3 is 15.3 Å². The molecule has 2 rings (SSSR count). The van der Waals surface area contributed by atoms with Crippen molar-refractivity contribution in [2.75, 3.05) is 29.9 Å². The maximum absolute atomic E-state index is 11.6. The number of benzene rings is 1. The number of nitrogens with one attached hydrogen (secondary N) is 1. The highest BCUT2D eigenvalue weighted by Crippen LogP contribution is 2.28. The molecular weight excluding hydrogens is 192 g/mol. The van der Waals surface area contributed by atoms with E-state index in [9.17, 15) is 4.79 Å². The van der Waals surface area contributed by atoms with E-state index in [2.05, 4.69) is 5.32 Å². The highest BCUT2D eigenvalue weighted by atomic mass is 16.3. The molecule has 1 heterocycles. The second-order valence-electron chi connectivity index (χ2n) is 3.49. The number of rotatable bonds is 3. The van der Waals surface area contributed by atoms with Crippen LogP contribution in [0.3, 0.4) is 0 Å². The van der Waals surface area contributed by atoms with Crippen LogP contribution in [0.1, 0.15) is 6.42 Å². The van der Waals surface area contributed by atoms with Gasteiger partial charge in [-0.15, -0.1) is 0 Å². The summed E-state index contributed by atoms with van der Waals surface area (Å²) in [6, 6.07) is 7.71. The molecule has 15 heavy (non-hydrogen) atoms. The molecule has 4 heteroatoms. The van der Waals surface area contributed by atoms with Crippen molar-refractivity contribution < 1.29 is 9.90 Å². The Hall–Kier alpha value is -1.55.